The summed E-state index contributed by atoms with van der Waals surface area (Å²) >= 11 is 12.0. The van der Waals surface area contributed by atoms with Crippen LogP contribution in [0.3, 0.4) is 0 Å². The van der Waals surface area contributed by atoms with E-state index >= 15 is 0 Å². The standard InChI is InChI=1S/C15H15Cl2NO/c1-11(10-18-12-6-3-2-4-7-12)19-14-9-5-8-13(16)15(14)17/h2-9,11,18H,10H2,1H3. The van der Waals surface area contributed by atoms with Crippen molar-refractivity contribution in [2.75, 3.05) is 11.9 Å². The van der Waals surface area contributed by atoms with E-state index in [9.17, 15) is 0 Å². The van der Waals surface area contributed by atoms with Crippen LogP contribution in [-0.2, 0) is 0 Å². The van der Waals surface area contributed by atoms with Gasteiger partial charge in [0.05, 0.1) is 11.6 Å². The van der Waals surface area contributed by atoms with Crippen molar-refractivity contribution in [1.82, 2.24) is 0 Å². The van der Waals surface area contributed by atoms with Crippen LogP contribution in [0.15, 0.2) is 48.5 Å². The van der Waals surface area contributed by atoms with E-state index in [-0.39, 0.29) is 6.10 Å². The Labute approximate surface area is 123 Å². The number of hydrogen-bond acceptors (Lipinski definition) is 2. The summed E-state index contributed by atoms with van der Waals surface area (Å²) in [6.07, 6.45) is -0.0174. The first-order chi connectivity index (χ1) is 9.16. The molecule has 0 saturated heterocycles. The summed E-state index contributed by atoms with van der Waals surface area (Å²) in [5.74, 6) is 0.608. The molecule has 0 fully saturated rings. The molecule has 19 heavy (non-hydrogen) atoms. The lowest BCUT2D eigenvalue weighted by Crippen LogP contribution is -2.22. The van der Waals surface area contributed by atoms with Crippen molar-refractivity contribution in [2.45, 2.75) is 13.0 Å². The molecule has 0 aliphatic heterocycles. The Kier molecular flexibility index (Phi) is 4.94. The van der Waals surface area contributed by atoms with E-state index in [0.29, 0.717) is 22.3 Å². The van der Waals surface area contributed by atoms with E-state index < -0.39 is 0 Å². The SMILES string of the molecule is CC(CNc1ccccc1)Oc1cccc(Cl)c1Cl. The predicted molar refractivity (Wildman–Crippen MR) is 81.5 cm³/mol. The van der Waals surface area contributed by atoms with E-state index in [4.69, 9.17) is 27.9 Å². The number of hydrogen-bond donors (Lipinski definition) is 1. The summed E-state index contributed by atoms with van der Waals surface area (Å²) in [6.45, 7) is 2.67. The lowest BCUT2D eigenvalue weighted by atomic mass is 10.3. The normalized spacial score (nSPS) is 11.9. The van der Waals surface area contributed by atoms with Gasteiger partial charge >= 0.3 is 0 Å². The number of para-hydroxylation sites is 1. The van der Waals surface area contributed by atoms with Crippen molar-refractivity contribution >= 4 is 28.9 Å². The Balaban J connectivity index is 1.91. The summed E-state index contributed by atoms with van der Waals surface area (Å²) < 4.78 is 5.77. The highest BCUT2D eigenvalue weighted by atomic mass is 35.5. The molecule has 0 spiro atoms. The first-order valence-corrected chi connectivity index (χ1v) is 6.82. The topological polar surface area (TPSA) is 21.3 Å². The van der Waals surface area contributed by atoms with Gasteiger partial charge in [0.25, 0.3) is 0 Å². The van der Waals surface area contributed by atoms with Crippen molar-refractivity contribution < 1.29 is 4.74 Å². The highest BCUT2D eigenvalue weighted by Crippen LogP contribution is 2.32. The van der Waals surface area contributed by atoms with E-state index in [2.05, 4.69) is 5.32 Å². The van der Waals surface area contributed by atoms with Gasteiger partial charge in [-0.05, 0) is 31.2 Å². The summed E-state index contributed by atoms with van der Waals surface area (Å²) in [4.78, 5) is 0. The second-order valence-electron chi connectivity index (χ2n) is 4.23. The van der Waals surface area contributed by atoms with Gasteiger partial charge in [-0.25, -0.2) is 0 Å². The molecule has 1 unspecified atom stereocenters. The van der Waals surface area contributed by atoms with Crippen LogP contribution in [0.25, 0.3) is 0 Å². The third-order valence-corrected chi connectivity index (χ3v) is 3.41. The fourth-order valence-electron chi connectivity index (χ4n) is 1.65. The molecule has 0 aliphatic carbocycles. The average Bonchev–Trinajstić information content (AvgIpc) is 2.43. The molecule has 0 saturated carbocycles. The van der Waals surface area contributed by atoms with Crippen LogP contribution in [0.4, 0.5) is 5.69 Å². The van der Waals surface area contributed by atoms with E-state index in [0.717, 1.165) is 5.69 Å². The first-order valence-electron chi connectivity index (χ1n) is 6.06. The van der Waals surface area contributed by atoms with E-state index in [1.54, 1.807) is 6.07 Å². The van der Waals surface area contributed by atoms with Crippen LogP contribution in [-0.4, -0.2) is 12.6 Å². The summed E-state index contributed by atoms with van der Waals surface area (Å²) in [6, 6.07) is 15.4. The Morgan fingerprint density at radius 3 is 2.53 bits per heavy atom. The van der Waals surface area contributed by atoms with Crippen molar-refractivity contribution in [2.24, 2.45) is 0 Å². The Hall–Kier alpha value is -1.38. The quantitative estimate of drug-likeness (QED) is 0.849. The van der Waals surface area contributed by atoms with Crippen molar-refractivity contribution in [3.05, 3.63) is 58.6 Å². The van der Waals surface area contributed by atoms with E-state index in [1.807, 2.05) is 49.4 Å². The average molecular weight is 296 g/mol. The largest absolute Gasteiger partial charge is 0.487 e. The van der Waals surface area contributed by atoms with E-state index in [1.165, 1.54) is 0 Å². The van der Waals surface area contributed by atoms with Gasteiger partial charge in [-0.1, -0.05) is 47.5 Å². The molecule has 2 aromatic carbocycles. The molecule has 0 aliphatic rings. The lowest BCUT2D eigenvalue weighted by Gasteiger charge is -2.17. The molecule has 0 radical (unpaired) electrons. The molecule has 0 bridgehead atoms. The smallest absolute Gasteiger partial charge is 0.139 e. The molecule has 2 rings (SSSR count). The minimum Gasteiger partial charge on any atom is -0.487 e. The molecule has 4 heteroatoms. The van der Waals surface area contributed by atoms with Gasteiger partial charge in [-0.2, -0.15) is 0 Å². The van der Waals surface area contributed by atoms with Crippen LogP contribution < -0.4 is 10.1 Å². The summed E-state index contributed by atoms with van der Waals surface area (Å²) in [5, 5.41) is 4.25. The third kappa shape index (κ3) is 4.05. The predicted octanol–water partition coefficient (Wildman–Crippen LogP) is 4.87. The maximum atomic E-state index is 6.08. The van der Waals surface area contributed by atoms with Gasteiger partial charge < -0.3 is 10.1 Å². The molecule has 1 atom stereocenters. The Morgan fingerprint density at radius 2 is 1.79 bits per heavy atom. The number of anilines is 1. The zero-order chi connectivity index (χ0) is 13.7. The molecular weight excluding hydrogens is 281 g/mol. The summed E-state index contributed by atoms with van der Waals surface area (Å²) in [5.41, 5.74) is 1.06. The molecule has 100 valence electrons. The summed E-state index contributed by atoms with van der Waals surface area (Å²) in [7, 11) is 0. The zero-order valence-corrected chi connectivity index (χ0v) is 12.1. The molecular formula is C15H15Cl2NO. The number of rotatable bonds is 5. The molecule has 0 aromatic heterocycles. The van der Waals surface area contributed by atoms with Gasteiger partial charge in [0.1, 0.15) is 16.9 Å². The minimum atomic E-state index is -0.0174. The van der Waals surface area contributed by atoms with Gasteiger partial charge in [-0.3, -0.25) is 0 Å². The molecule has 2 aromatic rings. The number of halogens is 2. The molecule has 2 nitrogen and oxygen atoms in total. The molecule has 1 N–H and O–H groups in total. The maximum absolute atomic E-state index is 6.08. The van der Waals surface area contributed by atoms with Crippen molar-refractivity contribution in [3.63, 3.8) is 0 Å². The molecule has 0 amide bonds. The van der Waals surface area contributed by atoms with Crippen LogP contribution in [0, 0.1) is 0 Å². The second-order valence-corrected chi connectivity index (χ2v) is 5.01. The van der Waals surface area contributed by atoms with Crippen LogP contribution in [0.1, 0.15) is 6.92 Å². The Morgan fingerprint density at radius 1 is 1.05 bits per heavy atom. The number of benzene rings is 2. The third-order valence-electron chi connectivity index (χ3n) is 2.61. The fraction of sp³-hybridized carbons (Fsp3) is 0.200. The highest BCUT2D eigenvalue weighted by molar-refractivity contribution is 6.42. The first kappa shape index (κ1) is 14.0. The van der Waals surface area contributed by atoms with Gasteiger partial charge in [0.2, 0.25) is 0 Å². The van der Waals surface area contributed by atoms with Crippen molar-refractivity contribution in [1.29, 1.82) is 0 Å². The van der Waals surface area contributed by atoms with Crippen molar-refractivity contribution in [3.8, 4) is 5.75 Å². The number of nitrogens with one attached hydrogen (secondary N) is 1. The van der Waals surface area contributed by atoms with Crippen LogP contribution in [0.2, 0.25) is 10.0 Å². The molecule has 0 heterocycles. The van der Waals surface area contributed by atoms with Crippen LogP contribution >= 0.6 is 23.2 Å². The van der Waals surface area contributed by atoms with Gasteiger partial charge in [0, 0.05) is 5.69 Å². The monoisotopic (exact) mass is 295 g/mol. The fourth-order valence-corrected chi connectivity index (χ4v) is 1.99. The Bertz CT molecular complexity index is 531. The number of ether oxygens (including phenoxy) is 1. The second kappa shape index (κ2) is 6.69. The maximum Gasteiger partial charge on any atom is 0.139 e. The minimum absolute atomic E-state index is 0.0174. The zero-order valence-electron chi connectivity index (χ0n) is 10.6. The highest BCUT2D eigenvalue weighted by Gasteiger charge is 2.09. The van der Waals surface area contributed by atoms with Gasteiger partial charge in [-0.15, -0.1) is 0 Å². The van der Waals surface area contributed by atoms with Gasteiger partial charge in [0.15, 0.2) is 0 Å². The lowest BCUT2D eigenvalue weighted by molar-refractivity contribution is 0.235. The van der Waals surface area contributed by atoms with Crippen LogP contribution in [0.5, 0.6) is 5.75 Å².